The first kappa shape index (κ1) is 15.0. The number of carboxylic acid groups (broad SMARTS) is 1. The van der Waals surface area contributed by atoms with E-state index in [1.807, 2.05) is 20.8 Å². The highest BCUT2D eigenvalue weighted by molar-refractivity contribution is 5.86. The van der Waals surface area contributed by atoms with E-state index < -0.39 is 5.97 Å². The summed E-state index contributed by atoms with van der Waals surface area (Å²) < 4.78 is 0. The summed E-state index contributed by atoms with van der Waals surface area (Å²) in [5.41, 5.74) is -0.370. The molecule has 0 aromatic rings. The van der Waals surface area contributed by atoms with E-state index >= 15 is 0 Å². The first-order valence-corrected chi connectivity index (χ1v) is 6.66. The van der Waals surface area contributed by atoms with Gasteiger partial charge in [0.15, 0.2) is 0 Å². The number of amides is 1. The zero-order chi connectivity index (χ0) is 13.8. The number of hydrogen-bond donors (Lipinski definition) is 2. The van der Waals surface area contributed by atoms with Gasteiger partial charge >= 0.3 is 5.97 Å². The van der Waals surface area contributed by atoms with Gasteiger partial charge in [0.25, 0.3) is 0 Å². The van der Waals surface area contributed by atoms with Crippen LogP contribution in [0, 0.1) is 5.41 Å². The summed E-state index contributed by atoms with van der Waals surface area (Å²) in [6.45, 7) is 7.21. The second kappa shape index (κ2) is 6.18. The molecular formula is C13H24N2O3. The smallest absolute Gasteiger partial charge is 0.323 e. The predicted molar refractivity (Wildman–Crippen MR) is 69.3 cm³/mol. The molecule has 0 unspecified atom stereocenters. The molecule has 0 aliphatic carbocycles. The molecule has 0 saturated carbocycles. The Morgan fingerprint density at radius 1 is 1.33 bits per heavy atom. The largest absolute Gasteiger partial charge is 0.480 e. The summed E-state index contributed by atoms with van der Waals surface area (Å²) in [6.07, 6.45) is 2.37. The van der Waals surface area contributed by atoms with Crippen molar-refractivity contribution in [1.82, 2.24) is 10.2 Å². The second-order valence-electron chi connectivity index (χ2n) is 5.30. The molecule has 104 valence electrons. The van der Waals surface area contributed by atoms with E-state index in [1.165, 1.54) is 4.90 Å². The number of carboxylic acids is 1. The minimum Gasteiger partial charge on any atom is -0.480 e. The molecule has 1 aliphatic heterocycles. The van der Waals surface area contributed by atoms with Crippen LogP contribution in [-0.4, -0.2) is 47.6 Å². The molecule has 2 N–H and O–H groups in total. The van der Waals surface area contributed by atoms with Crippen LogP contribution in [0.5, 0.6) is 0 Å². The van der Waals surface area contributed by atoms with Crippen LogP contribution in [0.3, 0.4) is 0 Å². The molecule has 1 saturated heterocycles. The standard InChI is InChI=1S/C13H24N2O3/c1-4-13(5-7-14-8-6-13)12(18)15(10(2)3)9-11(16)17/h10,14H,4-9H2,1-3H3,(H,16,17). The topological polar surface area (TPSA) is 69.6 Å². The van der Waals surface area contributed by atoms with Crippen molar-refractivity contribution in [3.05, 3.63) is 0 Å². The van der Waals surface area contributed by atoms with Crippen molar-refractivity contribution < 1.29 is 14.7 Å². The predicted octanol–water partition coefficient (Wildman–Crippen LogP) is 1.09. The van der Waals surface area contributed by atoms with Crippen LogP contribution in [0.2, 0.25) is 0 Å². The monoisotopic (exact) mass is 256 g/mol. The summed E-state index contributed by atoms with van der Waals surface area (Å²) >= 11 is 0. The Kier molecular flexibility index (Phi) is 5.14. The van der Waals surface area contributed by atoms with Crippen molar-refractivity contribution in [3.63, 3.8) is 0 Å². The average molecular weight is 256 g/mol. The van der Waals surface area contributed by atoms with Crippen molar-refractivity contribution in [3.8, 4) is 0 Å². The summed E-state index contributed by atoms with van der Waals surface area (Å²) in [5, 5.41) is 12.2. The molecule has 1 rings (SSSR count). The first-order chi connectivity index (χ1) is 8.43. The Balaban J connectivity index is 2.88. The molecule has 1 aliphatic rings. The lowest BCUT2D eigenvalue weighted by Gasteiger charge is -2.40. The van der Waals surface area contributed by atoms with Crippen molar-refractivity contribution in [2.75, 3.05) is 19.6 Å². The van der Waals surface area contributed by atoms with Gasteiger partial charge in [-0.15, -0.1) is 0 Å². The zero-order valence-electron chi connectivity index (χ0n) is 11.5. The van der Waals surface area contributed by atoms with Gasteiger partial charge in [-0.05, 0) is 46.2 Å². The molecule has 1 fully saturated rings. The van der Waals surface area contributed by atoms with Crippen LogP contribution in [0.15, 0.2) is 0 Å². The first-order valence-electron chi connectivity index (χ1n) is 6.66. The number of nitrogens with zero attached hydrogens (tertiary/aromatic N) is 1. The third-order valence-corrected chi connectivity index (χ3v) is 3.88. The van der Waals surface area contributed by atoms with Crippen LogP contribution in [0.1, 0.15) is 40.0 Å². The quantitative estimate of drug-likeness (QED) is 0.772. The summed E-state index contributed by atoms with van der Waals surface area (Å²) in [4.78, 5) is 25.0. The van der Waals surface area contributed by atoms with Gasteiger partial charge in [0, 0.05) is 6.04 Å². The third kappa shape index (κ3) is 3.22. The SMILES string of the molecule is CCC1(C(=O)N(CC(=O)O)C(C)C)CCNCC1. The Morgan fingerprint density at radius 2 is 1.89 bits per heavy atom. The van der Waals surface area contributed by atoms with E-state index in [1.54, 1.807) is 0 Å². The Labute approximate surface area is 109 Å². The molecule has 0 aromatic carbocycles. The number of carbonyl (C=O) groups excluding carboxylic acids is 1. The fourth-order valence-electron chi connectivity index (χ4n) is 2.56. The number of nitrogens with one attached hydrogen (secondary N) is 1. The lowest BCUT2D eigenvalue weighted by Crippen LogP contribution is -2.52. The molecule has 0 atom stereocenters. The van der Waals surface area contributed by atoms with Crippen molar-refractivity contribution >= 4 is 11.9 Å². The fraction of sp³-hybridized carbons (Fsp3) is 0.846. The molecule has 1 amide bonds. The number of piperidine rings is 1. The molecule has 0 bridgehead atoms. The zero-order valence-corrected chi connectivity index (χ0v) is 11.5. The van der Waals surface area contributed by atoms with Gasteiger partial charge < -0.3 is 15.3 Å². The highest BCUT2D eigenvalue weighted by Gasteiger charge is 2.41. The average Bonchev–Trinajstić information content (AvgIpc) is 2.35. The third-order valence-electron chi connectivity index (χ3n) is 3.88. The molecule has 0 radical (unpaired) electrons. The highest BCUT2D eigenvalue weighted by Crippen LogP contribution is 2.35. The van der Waals surface area contributed by atoms with Crippen LogP contribution in [0.4, 0.5) is 0 Å². The molecule has 1 heterocycles. The van der Waals surface area contributed by atoms with Crippen LogP contribution < -0.4 is 5.32 Å². The molecule has 0 spiro atoms. The Morgan fingerprint density at radius 3 is 2.28 bits per heavy atom. The molecule has 5 nitrogen and oxygen atoms in total. The van der Waals surface area contributed by atoms with Gasteiger partial charge in [0.1, 0.15) is 6.54 Å². The van der Waals surface area contributed by atoms with Gasteiger partial charge in [0.05, 0.1) is 5.41 Å². The van der Waals surface area contributed by atoms with Crippen LogP contribution in [-0.2, 0) is 9.59 Å². The van der Waals surface area contributed by atoms with Crippen LogP contribution in [0.25, 0.3) is 0 Å². The number of hydrogen-bond acceptors (Lipinski definition) is 3. The van der Waals surface area contributed by atoms with E-state index in [2.05, 4.69) is 5.32 Å². The normalized spacial score (nSPS) is 18.7. The lowest BCUT2D eigenvalue weighted by atomic mass is 9.75. The van der Waals surface area contributed by atoms with Gasteiger partial charge in [0.2, 0.25) is 5.91 Å². The molecule has 18 heavy (non-hydrogen) atoms. The van der Waals surface area contributed by atoms with Crippen molar-refractivity contribution in [2.24, 2.45) is 5.41 Å². The molecular weight excluding hydrogens is 232 g/mol. The maximum Gasteiger partial charge on any atom is 0.323 e. The summed E-state index contributed by atoms with van der Waals surface area (Å²) in [6, 6.07) is -0.0769. The summed E-state index contributed by atoms with van der Waals surface area (Å²) in [5.74, 6) is -0.943. The highest BCUT2D eigenvalue weighted by atomic mass is 16.4. The maximum absolute atomic E-state index is 12.7. The number of rotatable bonds is 5. The Bertz CT molecular complexity index is 309. The fourth-order valence-corrected chi connectivity index (χ4v) is 2.56. The van der Waals surface area contributed by atoms with E-state index in [9.17, 15) is 9.59 Å². The maximum atomic E-state index is 12.7. The van der Waals surface area contributed by atoms with E-state index in [0.717, 1.165) is 32.4 Å². The molecule has 0 aromatic heterocycles. The Hall–Kier alpha value is -1.10. The minimum absolute atomic E-state index is 0.00361. The molecule has 5 heteroatoms. The van der Waals surface area contributed by atoms with Crippen molar-refractivity contribution in [1.29, 1.82) is 0 Å². The van der Waals surface area contributed by atoms with E-state index in [0.29, 0.717) is 0 Å². The minimum atomic E-state index is -0.947. The van der Waals surface area contributed by atoms with E-state index in [4.69, 9.17) is 5.11 Å². The van der Waals surface area contributed by atoms with Crippen LogP contribution >= 0.6 is 0 Å². The number of aliphatic carboxylic acids is 1. The van der Waals surface area contributed by atoms with Gasteiger partial charge in [-0.1, -0.05) is 6.92 Å². The second-order valence-corrected chi connectivity index (χ2v) is 5.30. The lowest BCUT2D eigenvalue weighted by molar-refractivity contribution is -0.153. The van der Waals surface area contributed by atoms with Gasteiger partial charge in [-0.3, -0.25) is 9.59 Å². The van der Waals surface area contributed by atoms with E-state index in [-0.39, 0.29) is 23.9 Å². The van der Waals surface area contributed by atoms with Gasteiger partial charge in [-0.2, -0.15) is 0 Å². The summed E-state index contributed by atoms with van der Waals surface area (Å²) in [7, 11) is 0. The van der Waals surface area contributed by atoms with Gasteiger partial charge in [-0.25, -0.2) is 0 Å². The van der Waals surface area contributed by atoms with Crippen molar-refractivity contribution in [2.45, 2.75) is 46.1 Å². The number of carbonyl (C=O) groups is 2.